The van der Waals surface area contributed by atoms with Crippen molar-refractivity contribution in [1.29, 1.82) is 0 Å². The minimum Gasteiger partial charge on any atom is -0.488 e. The van der Waals surface area contributed by atoms with Crippen LogP contribution in [-0.4, -0.2) is 47.1 Å². The fraction of sp³-hybridized carbons (Fsp3) is 0.536. The number of carbonyl (C=O) groups is 1. The van der Waals surface area contributed by atoms with Crippen LogP contribution in [0.15, 0.2) is 36.4 Å². The van der Waals surface area contributed by atoms with Crippen LogP contribution in [0.2, 0.25) is 0 Å². The number of aliphatic carboxylic acids is 1. The number of aliphatic hydroxyl groups is 1. The maximum absolute atomic E-state index is 11.3. The second-order valence-electron chi connectivity index (χ2n) is 10.8. The van der Waals surface area contributed by atoms with Gasteiger partial charge in [-0.1, -0.05) is 36.4 Å². The van der Waals surface area contributed by atoms with E-state index in [1.165, 1.54) is 36.0 Å². The van der Waals surface area contributed by atoms with Gasteiger partial charge < -0.3 is 25.0 Å². The summed E-state index contributed by atoms with van der Waals surface area (Å²) in [7, 11) is 0. The molecule has 2 aliphatic carbocycles. The molecule has 1 heterocycles. The summed E-state index contributed by atoms with van der Waals surface area (Å²) in [4.78, 5) is 11.3. The van der Waals surface area contributed by atoms with Gasteiger partial charge in [0.05, 0.1) is 18.8 Å². The molecule has 6 nitrogen and oxygen atoms in total. The molecule has 0 radical (unpaired) electrons. The number of carboxylic acids is 1. The normalized spacial score (nSPS) is 24.1. The molecule has 6 heteroatoms. The number of hydrogen-bond acceptors (Lipinski definition) is 5. The van der Waals surface area contributed by atoms with Gasteiger partial charge in [-0.25, -0.2) is 0 Å². The Balaban J connectivity index is 1.11. The van der Waals surface area contributed by atoms with Gasteiger partial charge in [0.15, 0.2) is 0 Å². The molecule has 0 unspecified atom stereocenters. The second-order valence-corrected chi connectivity index (χ2v) is 10.8. The first-order valence-electron chi connectivity index (χ1n) is 12.4. The number of β-amino-alcohol motifs (C(OH)–C–C–N with tert-alkyl or cyclic N) is 1. The van der Waals surface area contributed by atoms with Gasteiger partial charge in [-0.05, 0) is 63.1 Å². The van der Waals surface area contributed by atoms with Crippen molar-refractivity contribution in [1.82, 2.24) is 5.32 Å². The summed E-state index contributed by atoms with van der Waals surface area (Å²) in [6, 6.07) is 12.7. The molecule has 34 heavy (non-hydrogen) atoms. The van der Waals surface area contributed by atoms with E-state index in [0.29, 0.717) is 6.54 Å². The van der Waals surface area contributed by atoms with E-state index in [2.05, 4.69) is 37.4 Å². The topological polar surface area (TPSA) is 88.0 Å². The predicted molar refractivity (Wildman–Crippen MR) is 129 cm³/mol. The van der Waals surface area contributed by atoms with Crippen molar-refractivity contribution in [3.05, 3.63) is 64.2 Å². The highest BCUT2D eigenvalue weighted by Crippen LogP contribution is 2.59. The van der Waals surface area contributed by atoms with Gasteiger partial charge in [-0.3, -0.25) is 4.79 Å². The minimum absolute atomic E-state index is 0.0534. The summed E-state index contributed by atoms with van der Waals surface area (Å²) in [5.41, 5.74) is 6.03. The number of fused-ring (bicyclic) bond motifs is 4. The third-order valence-corrected chi connectivity index (χ3v) is 7.53. The van der Waals surface area contributed by atoms with Gasteiger partial charge in [-0.15, -0.1) is 0 Å². The lowest BCUT2D eigenvalue weighted by atomic mass is 9.93. The van der Waals surface area contributed by atoms with Gasteiger partial charge in [0.25, 0.3) is 0 Å². The highest BCUT2D eigenvalue weighted by atomic mass is 16.5. The number of aryl methyl sites for hydroxylation is 2. The van der Waals surface area contributed by atoms with Crippen LogP contribution < -0.4 is 10.1 Å². The molecule has 3 N–H and O–H groups in total. The SMILES string of the molecule is C[C@@H](OC[C@H](O)CNC(C)(C)Cc1ccc2c(c1)CCC2)c1cccc2c1O[C@@H]1[C@@H](C(=O)O)[C@H]21. The molecule has 0 bridgehead atoms. The Labute approximate surface area is 201 Å². The zero-order valence-corrected chi connectivity index (χ0v) is 20.2. The Kier molecular flexibility index (Phi) is 6.17. The van der Waals surface area contributed by atoms with E-state index >= 15 is 0 Å². The quantitative estimate of drug-likeness (QED) is 0.495. The number of nitrogens with one attached hydrogen (secondary N) is 1. The van der Waals surface area contributed by atoms with Crippen molar-refractivity contribution in [2.75, 3.05) is 13.2 Å². The van der Waals surface area contributed by atoms with Crippen LogP contribution in [-0.2, 0) is 28.8 Å². The second kappa shape index (κ2) is 8.99. The molecule has 0 spiro atoms. The molecule has 1 saturated carbocycles. The Bertz CT molecular complexity index is 1080. The highest BCUT2D eigenvalue weighted by Gasteiger charge is 2.63. The minimum atomic E-state index is -0.801. The van der Waals surface area contributed by atoms with Gasteiger partial charge in [0.2, 0.25) is 0 Å². The molecule has 1 fully saturated rings. The highest BCUT2D eigenvalue weighted by molar-refractivity contribution is 5.79. The van der Waals surface area contributed by atoms with E-state index < -0.39 is 18.0 Å². The standard InChI is InChI=1S/C28H35NO5/c1-16(21-8-5-9-22-23-24(27(31)32)26(23)34-25(21)22)33-15-20(30)14-29-28(2,3)13-17-10-11-18-6-4-7-19(18)12-17/h5,8-12,16,20,23-24,26,29-30H,4,6-7,13-15H2,1-3H3,(H,31,32)/t16-,20-,23+,24+,26+/m1/s1. The molecule has 182 valence electrons. The van der Waals surface area contributed by atoms with Crippen LogP contribution in [0.5, 0.6) is 5.75 Å². The van der Waals surface area contributed by atoms with Crippen molar-refractivity contribution < 1.29 is 24.5 Å². The fourth-order valence-corrected chi connectivity index (χ4v) is 5.63. The number of aliphatic hydroxyl groups excluding tert-OH is 1. The van der Waals surface area contributed by atoms with Crippen molar-refractivity contribution >= 4 is 5.97 Å². The third kappa shape index (κ3) is 4.59. The van der Waals surface area contributed by atoms with Gasteiger partial charge in [0.1, 0.15) is 17.8 Å². The third-order valence-electron chi connectivity index (χ3n) is 7.53. The van der Waals surface area contributed by atoms with Crippen LogP contribution in [0.3, 0.4) is 0 Å². The molecule has 0 amide bonds. The number of ether oxygens (including phenoxy) is 2. The Hall–Kier alpha value is -2.41. The van der Waals surface area contributed by atoms with Crippen molar-refractivity contribution in [2.24, 2.45) is 5.92 Å². The Morgan fingerprint density at radius 2 is 2.03 bits per heavy atom. The molecular formula is C28H35NO5. The lowest BCUT2D eigenvalue weighted by molar-refractivity contribution is -0.139. The smallest absolute Gasteiger partial charge is 0.311 e. The van der Waals surface area contributed by atoms with E-state index in [1.807, 2.05) is 25.1 Å². The molecule has 3 aliphatic rings. The van der Waals surface area contributed by atoms with Gasteiger partial charge >= 0.3 is 5.97 Å². The van der Waals surface area contributed by atoms with Crippen molar-refractivity contribution in [2.45, 2.75) is 76.2 Å². The van der Waals surface area contributed by atoms with Crippen molar-refractivity contribution in [3.63, 3.8) is 0 Å². The summed E-state index contributed by atoms with van der Waals surface area (Å²) in [5.74, 6) is -0.537. The van der Waals surface area contributed by atoms with E-state index in [-0.39, 0.29) is 30.3 Å². The summed E-state index contributed by atoms with van der Waals surface area (Å²) in [6.45, 7) is 6.92. The first kappa shape index (κ1) is 23.3. The summed E-state index contributed by atoms with van der Waals surface area (Å²) in [5, 5.41) is 23.3. The monoisotopic (exact) mass is 465 g/mol. The van der Waals surface area contributed by atoms with Gasteiger partial charge in [0, 0.05) is 29.1 Å². The summed E-state index contributed by atoms with van der Waals surface area (Å²) in [6.07, 6.45) is 3.38. The lowest BCUT2D eigenvalue weighted by Gasteiger charge is -2.28. The number of hydrogen-bond donors (Lipinski definition) is 3. The molecule has 0 saturated heterocycles. The lowest BCUT2D eigenvalue weighted by Crippen LogP contribution is -2.46. The average molecular weight is 466 g/mol. The number of rotatable bonds is 10. The molecule has 2 aromatic rings. The van der Waals surface area contributed by atoms with E-state index in [9.17, 15) is 15.0 Å². The summed E-state index contributed by atoms with van der Waals surface area (Å²) >= 11 is 0. The fourth-order valence-electron chi connectivity index (χ4n) is 5.63. The van der Waals surface area contributed by atoms with Crippen LogP contribution in [0.4, 0.5) is 0 Å². The molecule has 1 aliphatic heterocycles. The molecule has 0 aromatic heterocycles. The number of benzene rings is 2. The predicted octanol–water partition coefficient (Wildman–Crippen LogP) is 3.78. The van der Waals surface area contributed by atoms with Crippen LogP contribution in [0.1, 0.15) is 67.0 Å². The first-order chi connectivity index (χ1) is 16.2. The zero-order chi connectivity index (χ0) is 24.0. The number of carboxylic acid groups (broad SMARTS) is 1. The molecule has 5 rings (SSSR count). The van der Waals surface area contributed by atoms with Crippen LogP contribution in [0.25, 0.3) is 0 Å². The molecule has 2 aromatic carbocycles. The van der Waals surface area contributed by atoms with Crippen molar-refractivity contribution in [3.8, 4) is 5.75 Å². The van der Waals surface area contributed by atoms with Gasteiger partial charge in [-0.2, -0.15) is 0 Å². The maximum atomic E-state index is 11.3. The largest absolute Gasteiger partial charge is 0.488 e. The summed E-state index contributed by atoms with van der Waals surface area (Å²) < 4.78 is 11.9. The maximum Gasteiger partial charge on any atom is 0.311 e. The Morgan fingerprint density at radius 3 is 2.82 bits per heavy atom. The number of para-hydroxylation sites is 1. The van der Waals surface area contributed by atoms with E-state index in [4.69, 9.17) is 9.47 Å². The van der Waals surface area contributed by atoms with Crippen LogP contribution >= 0.6 is 0 Å². The molecule has 5 atom stereocenters. The molecular weight excluding hydrogens is 430 g/mol. The first-order valence-corrected chi connectivity index (χ1v) is 12.4. The average Bonchev–Trinajstić information content (AvgIpc) is 3.12. The van der Waals surface area contributed by atoms with E-state index in [1.54, 1.807) is 0 Å². The Morgan fingerprint density at radius 1 is 1.24 bits per heavy atom. The zero-order valence-electron chi connectivity index (χ0n) is 20.2. The van der Waals surface area contributed by atoms with E-state index in [0.717, 1.165) is 23.3 Å². The van der Waals surface area contributed by atoms with Crippen LogP contribution in [0, 0.1) is 5.92 Å².